The summed E-state index contributed by atoms with van der Waals surface area (Å²) in [6.45, 7) is 0.0702. The molecule has 1 aromatic heterocycles. The molecule has 3 aromatic rings. The van der Waals surface area contributed by atoms with Crippen LogP contribution >= 0.6 is 0 Å². The lowest BCUT2D eigenvalue weighted by molar-refractivity contribution is -0.144. The lowest BCUT2D eigenvalue weighted by Crippen LogP contribution is -2.24. The first-order chi connectivity index (χ1) is 14.5. The fourth-order valence-corrected chi connectivity index (χ4v) is 2.77. The minimum atomic E-state index is -0.542. The summed E-state index contributed by atoms with van der Waals surface area (Å²) in [5, 5.41) is 3.28. The van der Waals surface area contributed by atoms with Crippen LogP contribution in [0.1, 0.15) is 17.5 Å². The van der Waals surface area contributed by atoms with Crippen molar-refractivity contribution >= 4 is 28.9 Å². The Morgan fingerprint density at radius 1 is 1.10 bits per heavy atom. The van der Waals surface area contributed by atoms with Crippen molar-refractivity contribution < 1.29 is 23.5 Å². The first-order valence-electron chi connectivity index (χ1n) is 9.32. The maximum atomic E-state index is 12.0. The molecule has 0 aliphatic carbocycles. The number of hydrogen-bond acceptors (Lipinski definition) is 6. The smallest absolute Gasteiger partial charge is 0.336 e. The van der Waals surface area contributed by atoms with Crippen molar-refractivity contribution in [2.75, 3.05) is 13.7 Å². The number of carbonyl (C=O) groups excluding carboxylic acids is 2. The molecule has 0 fully saturated rings. The molecule has 154 valence electrons. The number of rotatable bonds is 8. The van der Waals surface area contributed by atoms with Gasteiger partial charge in [-0.25, -0.2) is 4.79 Å². The van der Waals surface area contributed by atoms with E-state index in [2.05, 4.69) is 5.32 Å². The Kier molecular flexibility index (Phi) is 7.00. The number of benzene rings is 2. The maximum absolute atomic E-state index is 12.0. The molecular weight excluding hydrogens is 386 g/mol. The molecule has 0 saturated heterocycles. The monoisotopic (exact) mass is 407 g/mol. The largest absolute Gasteiger partial charge is 0.497 e. The predicted octanol–water partition coefficient (Wildman–Crippen LogP) is 3.06. The van der Waals surface area contributed by atoms with Gasteiger partial charge in [-0.15, -0.1) is 0 Å². The second-order valence-electron chi connectivity index (χ2n) is 6.40. The summed E-state index contributed by atoms with van der Waals surface area (Å²) < 4.78 is 15.5. The number of methoxy groups -OCH3 is 1. The first kappa shape index (κ1) is 20.9. The van der Waals surface area contributed by atoms with Crippen LogP contribution in [0.4, 0.5) is 0 Å². The second-order valence-corrected chi connectivity index (χ2v) is 6.40. The van der Waals surface area contributed by atoms with Gasteiger partial charge in [-0.05, 0) is 23.8 Å². The zero-order valence-electron chi connectivity index (χ0n) is 16.4. The van der Waals surface area contributed by atoms with Crippen molar-refractivity contribution in [3.63, 3.8) is 0 Å². The zero-order valence-corrected chi connectivity index (χ0v) is 16.4. The third-order valence-electron chi connectivity index (χ3n) is 4.28. The van der Waals surface area contributed by atoms with E-state index in [-0.39, 0.29) is 25.5 Å². The highest BCUT2D eigenvalue weighted by Gasteiger charge is 2.10. The van der Waals surface area contributed by atoms with Crippen LogP contribution in [0, 0.1) is 0 Å². The molecule has 30 heavy (non-hydrogen) atoms. The summed E-state index contributed by atoms with van der Waals surface area (Å²) in [7, 11) is 1.52. The molecule has 1 amide bonds. The third kappa shape index (κ3) is 5.81. The predicted molar refractivity (Wildman–Crippen MR) is 112 cm³/mol. The van der Waals surface area contributed by atoms with Crippen LogP contribution in [0.5, 0.6) is 5.75 Å². The number of hydrogen-bond donors (Lipinski definition) is 1. The summed E-state index contributed by atoms with van der Waals surface area (Å²) in [6.07, 6.45) is 3.11. The summed E-state index contributed by atoms with van der Waals surface area (Å²) in [5.74, 6) is -0.235. The fraction of sp³-hybridized carbons (Fsp3) is 0.174. The van der Waals surface area contributed by atoms with E-state index >= 15 is 0 Å². The third-order valence-corrected chi connectivity index (χ3v) is 4.28. The van der Waals surface area contributed by atoms with Gasteiger partial charge in [0, 0.05) is 35.7 Å². The zero-order chi connectivity index (χ0) is 21.3. The Bertz CT molecular complexity index is 1120. The molecule has 0 radical (unpaired) electrons. The molecule has 7 heteroatoms. The number of carbonyl (C=O) groups is 2. The summed E-state index contributed by atoms with van der Waals surface area (Å²) >= 11 is 0. The Labute approximate surface area is 172 Å². The quantitative estimate of drug-likeness (QED) is 0.350. The second kappa shape index (κ2) is 10.1. The number of fused-ring (bicyclic) bond motifs is 1. The molecule has 0 aliphatic rings. The van der Waals surface area contributed by atoms with Crippen molar-refractivity contribution in [3.8, 4) is 5.75 Å². The Balaban J connectivity index is 1.49. The maximum Gasteiger partial charge on any atom is 0.336 e. The Morgan fingerprint density at radius 2 is 1.90 bits per heavy atom. The summed E-state index contributed by atoms with van der Waals surface area (Å²) in [5.41, 5.74) is 1.25. The number of amides is 1. The van der Waals surface area contributed by atoms with Crippen molar-refractivity contribution in [1.82, 2.24) is 5.32 Å². The molecule has 0 spiro atoms. The van der Waals surface area contributed by atoms with Gasteiger partial charge in [0.1, 0.15) is 17.9 Å². The van der Waals surface area contributed by atoms with E-state index < -0.39 is 11.6 Å². The molecular formula is C23H21NO6. The molecule has 0 aliphatic heterocycles. The van der Waals surface area contributed by atoms with E-state index in [1.165, 1.54) is 19.3 Å². The standard InChI is InChI=1S/C23H21NO6/c1-28-18-8-9-19-17(13-23(27)30-20(19)14-18)15-29-22(26)11-12-24-21(25)10-7-16-5-3-2-4-6-16/h2-10,13-14H,11-12,15H2,1H3,(H,24,25)/b10-7+. The molecule has 3 rings (SSSR count). The molecule has 0 saturated carbocycles. The van der Waals surface area contributed by atoms with Gasteiger partial charge in [0.15, 0.2) is 0 Å². The van der Waals surface area contributed by atoms with Gasteiger partial charge >= 0.3 is 11.6 Å². The summed E-state index contributed by atoms with van der Waals surface area (Å²) in [4.78, 5) is 35.6. The molecule has 0 unspecified atom stereocenters. The fourth-order valence-electron chi connectivity index (χ4n) is 2.77. The van der Waals surface area contributed by atoms with E-state index in [4.69, 9.17) is 13.9 Å². The molecule has 1 heterocycles. The van der Waals surface area contributed by atoms with E-state index in [0.29, 0.717) is 22.3 Å². The number of nitrogens with one attached hydrogen (secondary N) is 1. The molecule has 0 bridgehead atoms. The lowest BCUT2D eigenvalue weighted by atomic mass is 10.1. The highest BCUT2D eigenvalue weighted by Crippen LogP contribution is 2.23. The van der Waals surface area contributed by atoms with E-state index in [9.17, 15) is 14.4 Å². The van der Waals surface area contributed by atoms with Gasteiger partial charge < -0.3 is 19.2 Å². The van der Waals surface area contributed by atoms with Gasteiger partial charge in [0.2, 0.25) is 5.91 Å². The van der Waals surface area contributed by atoms with Crippen molar-refractivity contribution in [2.45, 2.75) is 13.0 Å². The minimum absolute atomic E-state index is 0.0120. The molecule has 7 nitrogen and oxygen atoms in total. The van der Waals surface area contributed by atoms with Gasteiger partial charge in [-0.1, -0.05) is 30.3 Å². The van der Waals surface area contributed by atoms with Crippen LogP contribution < -0.4 is 15.7 Å². The number of esters is 1. The van der Waals surface area contributed by atoms with Crippen LogP contribution in [-0.4, -0.2) is 25.5 Å². The van der Waals surface area contributed by atoms with Gasteiger partial charge in [0.25, 0.3) is 0 Å². The highest BCUT2D eigenvalue weighted by atomic mass is 16.5. The highest BCUT2D eigenvalue weighted by molar-refractivity contribution is 5.91. The molecule has 1 N–H and O–H groups in total. The lowest BCUT2D eigenvalue weighted by Gasteiger charge is -2.08. The van der Waals surface area contributed by atoms with E-state index in [0.717, 1.165) is 5.56 Å². The topological polar surface area (TPSA) is 94.8 Å². The SMILES string of the molecule is COc1ccc2c(COC(=O)CCNC(=O)/C=C/c3ccccc3)cc(=O)oc2c1. The molecule has 0 atom stereocenters. The van der Waals surface area contributed by atoms with Gasteiger partial charge in [-0.3, -0.25) is 9.59 Å². The normalized spacial score (nSPS) is 10.8. The van der Waals surface area contributed by atoms with Crippen molar-refractivity contribution in [1.29, 1.82) is 0 Å². The van der Waals surface area contributed by atoms with Crippen LogP contribution in [0.15, 0.2) is 69.9 Å². The van der Waals surface area contributed by atoms with Crippen molar-refractivity contribution in [3.05, 3.63) is 82.2 Å². The van der Waals surface area contributed by atoms with Crippen LogP contribution in [0.3, 0.4) is 0 Å². The number of ether oxygens (including phenoxy) is 2. The van der Waals surface area contributed by atoms with Gasteiger partial charge in [-0.2, -0.15) is 0 Å². The Hall–Kier alpha value is -3.87. The summed E-state index contributed by atoms with van der Waals surface area (Å²) in [6, 6.07) is 15.8. The van der Waals surface area contributed by atoms with Crippen molar-refractivity contribution in [2.24, 2.45) is 0 Å². The average Bonchev–Trinajstić information content (AvgIpc) is 2.76. The average molecular weight is 407 g/mol. The first-order valence-corrected chi connectivity index (χ1v) is 9.32. The van der Waals surface area contributed by atoms with E-state index in [1.54, 1.807) is 24.3 Å². The van der Waals surface area contributed by atoms with Crippen LogP contribution in [0.25, 0.3) is 17.0 Å². The Morgan fingerprint density at radius 3 is 2.67 bits per heavy atom. The molecule has 2 aromatic carbocycles. The van der Waals surface area contributed by atoms with E-state index in [1.807, 2.05) is 30.3 Å². The van der Waals surface area contributed by atoms with Crippen LogP contribution in [-0.2, 0) is 20.9 Å². The van der Waals surface area contributed by atoms with Crippen LogP contribution in [0.2, 0.25) is 0 Å². The minimum Gasteiger partial charge on any atom is -0.497 e. The van der Waals surface area contributed by atoms with Gasteiger partial charge in [0.05, 0.1) is 13.5 Å².